The van der Waals surface area contributed by atoms with E-state index in [-0.39, 0.29) is 0 Å². The molecule has 0 aromatic heterocycles. The van der Waals surface area contributed by atoms with Crippen LogP contribution in [0.2, 0.25) is 0 Å². The van der Waals surface area contributed by atoms with Gasteiger partial charge in [-0.05, 0) is 65.2 Å². The Bertz CT molecular complexity index is 215. The fourth-order valence-electron chi connectivity index (χ4n) is 1.68. The van der Waals surface area contributed by atoms with Gasteiger partial charge in [0.1, 0.15) is 0 Å². The van der Waals surface area contributed by atoms with E-state index in [1.807, 2.05) is 0 Å². The molecule has 0 atom stereocenters. The molecule has 0 spiro atoms. The Hall–Kier alpha value is 1.03. The zero-order chi connectivity index (χ0) is 12.7. The van der Waals surface area contributed by atoms with Crippen molar-refractivity contribution in [2.24, 2.45) is 0 Å². The molecule has 2 aliphatic rings. The molecule has 2 saturated carbocycles. The molecular formula is C14H14Cl2Ti. The maximum atomic E-state index is 4.89. The Balaban J connectivity index is 0.000000437. The van der Waals surface area contributed by atoms with Crippen LogP contribution in [0, 0.1) is 63.2 Å². The molecule has 2 fully saturated rings. The second-order valence-electron chi connectivity index (χ2n) is 3.67. The predicted molar refractivity (Wildman–Crippen MR) is 71.0 cm³/mol. The Morgan fingerprint density at radius 3 is 1.24 bits per heavy atom. The Morgan fingerprint density at radius 1 is 0.765 bits per heavy atom. The molecule has 0 heterocycles. The van der Waals surface area contributed by atoms with E-state index < -0.39 is 17.0 Å². The van der Waals surface area contributed by atoms with Crippen LogP contribution in [0.3, 0.4) is 0 Å². The number of hydrogen-bond acceptors (Lipinski definition) is 0. The van der Waals surface area contributed by atoms with Crippen molar-refractivity contribution >= 4 is 18.6 Å². The molecule has 0 aliphatic heterocycles. The summed E-state index contributed by atoms with van der Waals surface area (Å²) < 4.78 is 0. The predicted octanol–water partition coefficient (Wildman–Crippen LogP) is 4.51. The first-order valence-electron chi connectivity index (χ1n) is 5.28. The standard InChI is InChI=1S/C14H14.2ClH.Ti/c1-11(13-7-3-4-8-13)12(2)14-9-5-6-10-14;;;/h3-10H,1-2H3;2*1H;/q;;;+2/p-2/b12-11-;;;. The Labute approximate surface area is 123 Å². The van der Waals surface area contributed by atoms with E-state index in [1.165, 1.54) is 23.0 Å². The number of hydrogen-bond donors (Lipinski definition) is 0. The van der Waals surface area contributed by atoms with Gasteiger partial charge in [-0.3, -0.25) is 0 Å². The molecule has 0 aromatic rings. The van der Waals surface area contributed by atoms with Crippen LogP contribution in [0.1, 0.15) is 13.8 Å². The Kier molecular flexibility index (Phi) is 8.54. The average Bonchev–Trinajstić information content (AvgIpc) is 3.00. The van der Waals surface area contributed by atoms with Crippen LogP contribution < -0.4 is 0 Å². The molecule has 2 aliphatic carbocycles. The minimum absolute atomic E-state index is 0.556. The molecular weight excluding hydrogens is 287 g/mol. The van der Waals surface area contributed by atoms with Gasteiger partial charge in [0.2, 0.25) is 0 Å². The first kappa shape index (κ1) is 16.1. The van der Waals surface area contributed by atoms with Gasteiger partial charge in [0, 0.05) is 11.8 Å². The topological polar surface area (TPSA) is 0 Å². The number of rotatable bonds is 2. The molecule has 17 heavy (non-hydrogen) atoms. The molecule has 0 saturated heterocycles. The molecule has 0 unspecified atom stereocenters. The summed E-state index contributed by atoms with van der Waals surface area (Å²) >= 11 is -0.556. The van der Waals surface area contributed by atoms with E-state index in [4.69, 9.17) is 18.6 Å². The maximum absolute atomic E-state index is 4.89. The van der Waals surface area contributed by atoms with Gasteiger partial charge in [-0.25, -0.2) is 0 Å². The van der Waals surface area contributed by atoms with Crippen molar-refractivity contribution in [3.05, 3.63) is 74.3 Å². The third-order valence-corrected chi connectivity index (χ3v) is 2.75. The van der Waals surface area contributed by atoms with Crippen LogP contribution in [0.25, 0.3) is 0 Å². The second-order valence-corrected chi connectivity index (χ2v) is 6.25. The molecule has 0 amide bonds. The summed E-state index contributed by atoms with van der Waals surface area (Å²) in [6, 6.07) is 0. The third kappa shape index (κ3) is 5.27. The molecule has 3 heteroatoms. The van der Waals surface area contributed by atoms with E-state index in [0.717, 1.165) is 0 Å². The van der Waals surface area contributed by atoms with E-state index in [9.17, 15) is 0 Å². The number of halogens is 2. The van der Waals surface area contributed by atoms with Gasteiger partial charge in [0.15, 0.2) is 0 Å². The quantitative estimate of drug-likeness (QED) is 0.658. The SMILES string of the molecule is C/C([C]1[CH][CH][CH][CH]1)=C(\C)[C]1[CH][CH][CH][CH]1.[Cl][Ti][Cl]. The first-order valence-corrected chi connectivity index (χ1v) is 9.58. The zero-order valence-electron chi connectivity index (χ0n) is 9.87. The summed E-state index contributed by atoms with van der Waals surface area (Å²) in [4.78, 5) is 0. The number of allylic oxidation sites excluding steroid dienone is 2. The molecule has 10 radical (unpaired) electrons. The van der Waals surface area contributed by atoms with E-state index in [1.54, 1.807) is 0 Å². The molecule has 0 N–H and O–H groups in total. The average molecular weight is 301 g/mol. The van der Waals surface area contributed by atoms with Crippen molar-refractivity contribution in [1.29, 1.82) is 0 Å². The molecule has 0 nitrogen and oxygen atoms in total. The van der Waals surface area contributed by atoms with Crippen molar-refractivity contribution in [1.82, 2.24) is 0 Å². The summed E-state index contributed by atoms with van der Waals surface area (Å²) in [6.45, 7) is 4.36. The van der Waals surface area contributed by atoms with Crippen LogP contribution in [0.15, 0.2) is 11.1 Å². The van der Waals surface area contributed by atoms with Crippen molar-refractivity contribution < 1.29 is 17.0 Å². The van der Waals surface area contributed by atoms with Gasteiger partial charge < -0.3 is 0 Å². The van der Waals surface area contributed by atoms with E-state index in [2.05, 4.69) is 65.2 Å². The fraction of sp³-hybridized carbons (Fsp3) is 0.143. The van der Waals surface area contributed by atoms with Crippen LogP contribution in [0.4, 0.5) is 0 Å². The molecule has 2 rings (SSSR count). The molecule has 88 valence electrons. The van der Waals surface area contributed by atoms with Gasteiger partial charge in [-0.2, -0.15) is 0 Å². The van der Waals surface area contributed by atoms with Crippen LogP contribution >= 0.6 is 18.6 Å². The molecule has 0 bridgehead atoms. The van der Waals surface area contributed by atoms with Gasteiger partial charge >= 0.3 is 35.6 Å². The third-order valence-electron chi connectivity index (χ3n) is 2.75. The Morgan fingerprint density at radius 2 is 1.00 bits per heavy atom. The van der Waals surface area contributed by atoms with Crippen molar-refractivity contribution in [3.8, 4) is 0 Å². The normalized spacial score (nSPS) is 23.1. The van der Waals surface area contributed by atoms with Crippen LogP contribution in [-0.2, 0) is 17.0 Å². The van der Waals surface area contributed by atoms with Crippen LogP contribution in [-0.4, -0.2) is 0 Å². The van der Waals surface area contributed by atoms with Crippen molar-refractivity contribution in [2.75, 3.05) is 0 Å². The second kappa shape index (κ2) is 9.02. The minimum atomic E-state index is -0.556. The summed E-state index contributed by atoms with van der Waals surface area (Å²) in [5, 5.41) is 0. The van der Waals surface area contributed by atoms with E-state index >= 15 is 0 Å². The summed E-state index contributed by atoms with van der Waals surface area (Å²) in [5.74, 6) is 2.65. The van der Waals surface area contributed by atoms with Gasteiger partial charge in [0.05, 0.1) is 0 Å². The molecule has 0 aromatic carbocycles. The van der Waals surface area contributed by atoms with Gasteiger partial charge in [-0.15, -0.1) is 0 Å². The first-order chi connectivity index (χ1) is 8.20. The van der Waals surface area contributed by atoms with Gasteiger partial charge in [-0.1, -0.05) is 11.1 Å². The van der Waals surface area contributed by atoms with Gasteiger partial charge in [0.25, 0.3) is 0 Å². The van der Waals surface area contributed by atoms with E-state index in [0.29, 0.717) is 0 Å². The monoisotopic (exact) mass is 300 g/mol. The van der Waals surface area contributed by atoms with Crippen LogP contribution in [0.5, 0.6) is 0 Å². The van der Waals surface area contributed by atoms with Crippen molar-refractivity contribution in [3.63, 3.8) is 0 Å². The summed E-state index contributed by atoms with van der Waals surface area (Å²) in [7, 11) is 9.78. The summed E-state index contributed by atoms with van der Waals surface area (Å²) in [6.07, 6.45) is 16.9. The summed E-state index contributed by atoms with van der Waals surface area (Å²) in [5.41, 5.74) is 2.72. The van der Waals surface area contributed by atoms with Crippen molar-refractivity contribution in [2.45, 2.75) is 13.8 Å². The fourth-order valence-corrected chi connectivity index (χ4v) is 1.68. The zero-order valence-corrected chi connectivity index (χ0v) is 12.9.